The molecule has 110 valence electrons. The zero-order valence-electron chi connectivity index (χ0n) is 12.1. The van der Waals surface area contributed by atoms with Crippen LogP contribution in [-0.2, 0) is 10.3 Å². The smallest absolute Gasteiger partial charge is 0.244 e. The minimum absolute atomic E-state index is 0.210. The third kappa shape index (κ3) is 3.43. The van der Waals surface area contributed by atoms with Crippen LogP contribution in [0.1, 0.15) is 31.0 Å². The lowest BCUT2D eigenvalue weighted by atomic mass is 9.91. The number of hydrogen-bond donors (Lipinski definition) is 2. The van der Waals surface area contributed by atoms with Crippen LogP contribution in [0.3, 0.4) is 0 Å². The number of halogens is 1. The van der Waals surface area contributed by atoms with Crippen molar-refractivity contribution in [1.29, 1.82) is 0 Å². The van der Waals surface area contributed by atoms with E-state index in [4.69, 9.17) is 17.3 Å². The molecule has 2 unspecified atom stereocenters. The van der Waals surface area contributed by atoms with Gasteiger partial charge in [0.15, 0.2) is 0 Å². The Balaban J connectivity index is 2.16. The van der Waals surface area contributed by atoms with Gasteiger partial charge in [-0.3, -0.25) is 4.79 Å². The fourth-order valence-electron chi connectivity index (χ4n) is 2.17. The molecule has 3 N–H and O–H groups in total. The molecule has 0 heterocycles. The number of nitrogens with one attached hydrogen (secondary N) is 1. The third-order valence-corrected chi connectivity index (χ3v) is 3.91. The highest BCUT2D eigenvalue weighted by Gasteiger charge is 2.31. The average molecular weight is 303 g/mol. The van der Waals surface area contributed by atoms with Crippen molar-refractivity contribution in [3.8, 4) is 0 Å². The number of carbonyl (C=O) groups excluding carboxylic acids is 1. The highest BCUT2D eigenvalue weighted by molar-refractivity contribution is 6.31. The largest absolute Gasteiger partial charge is 0.348 e. The van der Waals surface area contributed by atoms with Gasteiger partial charge in [0.05, 0.1) is 6.04 Å². The highest BCUT2D eigenvalue weighted by Crippen LogP contribution is 2.24. The molecular formula is C17H19ClN2O. The molecule has 4 heteroatoms. The molecule has 0 aromatic heterocycles. The van der Waals surface area contributed by atoms with E-state index in [1.165, 1.54) is 0 Å². The third-order valence-electron chi connectivity index (χ3n) is 3.56. The molecule has 2 atom stereocenters. The van der Waals surface area contributed by atoms with Gasteiger partial charge in [0.2, 0.25) is 5.91 Å². The summed E-state index contributed by atoms with van der Waals surface area (Å²) in [4.78, 5) is 12.5. The van der Waals surface area contributed by atoms with Crippen LogP contribution in [0, 0.1) is 0 Å². The van der Waals surface area contributed by atoms with E-state index in [1.807, 2.05) is 55.5 Å². The van der Waals surface area contributed by atoms with Gasteiger partial charge in [0, 0.05) is 5.02 Å². The first-order valence-electron chi connectivity index (χ1n) is 6.82. The molecule has 0 bridgehead atoms. The average Bonchev–Trinajstić information content (AvgIpc) is 2.48. The van der Waals surface area contributed by atoms with Crippen molar-refractivity contribution in [3.05, 3.63) is 70.7 Å². The Kier molecular flexibility index (Phi) is 4.66. The summed E-state index contributed by atoms with van der Waals surface area (Å²) in [6, 6.07) is 16.6. The lowest BCUT2D eigenvalue weighted by Crippen LogP contribution is -2.49. The topological polar surface area (TPSA) is 55.1 Å². The van der Waals surface area contributed by atoms with Gasteiger partial charge in [0.1, 0.15) is 5.54 Å². The van der Waals surface area contributed by atoms with Gasteiger partial charge in [-0.2, -0.15) is 0 Å². The van der Waals surface area contributed by atoms with E-state index in [1.54, 1.807) is 13.0 Å². The number of nitrogens with two attached hydrogens (primary N) is 1. The molecule has 2 aromatic rings. The molecule has 21 heavy (non-hydrogen) atoms. The monoisotopic (exact) mass is 302 g/mol. The number of rotatable bonds is 4. The van der Waals surface area contributed by atoms with Gasteiger partial charge in [-0.15, -0.1) is 0 Å². The molecule has 0 aliphatic heterocycles. The Morgan fingerprint density at radius 3 is 2.33 bits per heavy atom. The van der Waals surface area contributed by atoms with Gasteiger partial charge in [-0.1, -0.05) is 60.1 Å². The molecule has 0 saturated carbocycles. The lowest BCUT2D eigenvalue weighted by molar-refractivity contribution is -0.126. The van der Waals surface area contributed by atoms with Crippen molar-refractivity contribution < 1.29 is 4.79 Å². The standard InChI is InChI=1S/C17H19ClN2O/c1-12(14-10-6-7-11-15(14)18)20-16(21)17(2,19)13-8-4-3-5-9-13/h3-12H,19H2,1-2H3,(H,20,21). The first kappa shape index (κ1) is 15.5. The van der Waals surface area contributed by atoms with Crippen molar-refractivity contribution in [2.45, 2.75) is 25.4 Å². The van der Waals surface area contributed by atoms with Crippen LogP contribution in [0.4, 0.5) is 0 Å². The summed E-state index contributed by atoms with van der Waals surface area (Å²) in [6.45, 7) is 3.59. The molecule has 0 radical (unpaired) electrons. The minimum Gasteiger partial charge on any atom is -0.348 e. The molecule has 3 nitrogen and oxygen atoms in total. The van der Waals surface area contributed by atoms with E-state index < -0.39 is 5.54 Å². The van der Waals surface area contributed by atoms with Crippen LogP contribution in [0.15, 0.2) is 54.6 Å². The summed E-state index contributed by atoms with van der Waals surface area (Å²) < 4.78 is 0. The quantitative estimate of drug-likeness (QED) is 0.909. The first-order valence-corrected chi connectivity index (χ1v) is 7.20. The molecule has 2 aromatic carbocycles. The Morgan fingerprint density at radius 1 is 1.14 bits per heavy atom. The molecule has 1 amide bonds. The number of hydrogen-bond acceptors (Lipinski definition) is 2. The zero-order valence-corrected chi connectivity index (χ0v) is 12.9. The lowest BCUT2D eigenvalue weighted by Gasteiger charge is -2.26. The van der Waals surface area contributed by atoms with Crippen LogP contribution >= 0.6 is 11.6 Å². The van der Waals surface area contributed by atoms with Gasteiger partial charge >= 0.3 is 0 Å². The van der Waals surface area contributed by atoms with Crippen LogP contribution < -0.4 is 11.1 Å². The summed E-state index contributed by atoms with van der Waals surface area (Å²) in [5, 5.41) is 3.56. The Bertz CT molecular complexity index is 626. The Morgan fingerprint density at radius 2 is 1.71 bits per heavy atom. The van der Waals surface area contributed by atoms with Gasteiger partial charge < -0.3 is 11.1 Å². The number of amides is 1. The molecule has 0 aliphatic carbocycles. The van der Waals surface area contributed by atoms with Crippen LogP contribution in [0.25, 0.3) is 0 Å². The predicted molar refractivity (Wildman–Crippen MR) is 86.0 cm³/mol. The summed E-state index contributed by atoms with van der Waals surface area (Å²) >= 11 is 6.15. The normalized spacial score (nSPS) is 15.0. The Hall–Kier alpha value is -1.84. The van der Waals surface area contributed by atoms with E-state index in [2.05, 4.69) is 5.32 Å². The predicted octanol–water partition coefficient (Wildman–Crippen LogP) is 3.39. The Labute approximate surface area is 130 Å². The maximum atomic E-state index is 12.5. The summed E-state index contributed by atoms with van der Waals surface area (Å²) in [5.41, 5.74) is 6.76. The second-order valence-corrected chi connectivity index (χ2v) is 5.69. The summed E-state index contributed by atoms with van der Waals surface area (Å²) in [5.74, 6) is -0.235. The summed E-state index contributed by atoms with van der Waals surface area (Å²) in [7, 11) is 0. The molecule has 0 fully saturated rings. The van der Waals surface area contributed by atoms with Crippen LogP contribution in [0.2, 0.25) is 5.02 Å². The molecular weight excluding hydrogens is 284 g/mol. The fourth-order valence-corrected chi connectivity index (χ4v) is 2.47. The van der Waals surface area contributed by atoms with Crippen LogP contribution in [-0.4, -0.2) is 5.91 Å². The van der Waals surface area contributed by atoms with Crippen molar-refractivity contribution in [3.63, 3.8) is 0 Å². The maximum Gasteiger partial charge on any atom is 0.244 e. The SMILES string of the molecule is CC(NC(=O)C(C)(N)c1ccccc1)c1ccccc1Cl. The van der Waals surface area contributed by atoms with Crippen molar-refractivity contribution in [1.82, 2.24) is 5.32 Å². The van der Waals surface area contributed by atoms with Crippen molar-refractivity contribution >= 4 is 17.5 Å². The van der Waals surface area contributed by atoms with E-state index in [0.29, 0.717) is 5.02 Å². The van der Waals surface area contributed by atoms with E-state index in [9.17, 15) is 4.79 Å². The molecule has 0 spiro atoms. The van der Waals surface area contributed by atoms with E-state index in [0.717, 1.165) is 11.1 Å². The molecule has 0 aliphatic rings. The van der Waals surface area contributed by atoms with Gasteiger partial charge in [0.25, 0.3) is 0 Å². The van der Waals surface area contributed by atoms with Crippen molar-refractivity contribution in [2.24, 2.45) is 5.73 Å². The highest BCUT2D eigenvalue weighted by atomic mass is 35.5. The number of carbonyl (C=O) groups is 1. The van der Waals surface area contributed by atoms with E-state index >= 15 is 0 Å². The maximum absolute atomic E-state index is 12.5. The van der Waals surface area contributed by atoms with Crippen molar-refractivity contribution in [2.75, 3.05) is 0 Å². The minimum atomic E-state index is -1.09. The van der Waals surface area contributed by atoms with Crippen LogP contribution in [0.5, 0.6) is 0 Å². The number of benzene rings is 2. The molecule has 0 saturated heterocycles. The second kappa shape index (κ2) is 6.29. The second-order valence-electron chi connectivity index (χ2n) is 5.29. The van der Waals surface area contributed by atoms with Gasteiger partial charge in [-0.05, 0) is 31.0 Å². The summed E-state index contributed by atoms with van der Waals surface area (Å²) in [6.07, 6.45) is 0. The van der Waals surface area contributed by atoms with Gasteiger partial charge in [-0.25, -0.2) is 0 Å². The first-order chi connectivity index (χ1) is 9.93. The molecule has 2 rings (SSSR count). The zero-order chi connectivity index (χ0) is 15.5. The van der Waals surface area contributed by atoms with E-state index in [-0.39, 0.29) is 11.9 Å². The fraction of sp³-hybridized carbons (Fsp3) is 0.235.